The van der Waals surface area contributed by atoms with Crippen molar-refractivity contribution < 1.29 is 28.8 Å². The predicted molar refractivity (Wildman–Crippen MR) is 174 cm³/mol. The highest BCUT2D eigenvalue weighted by atomic mass is 35.5. The minimum absolute atomic E-state index is 0.0611. The lowest BCUT2D eigenvalue weighted by molar-refractivity contribution is -0.126. The molecule has 0 spiro atoms. The number of hydrogen-bond acceptors (Lipinski definition) is 10. The Bertz CT molecular complexity index is 1490. The molecular weight excluding hydrogens is 691 g/mol. The van der Waals surface area contributed by atoms with E-state index in [1.54, 1.807) is 0 Å². The summed E-state index contributed by atoms with van der Waals surface area (Å²) in [5.74, 6) is -3.39. The fourth-order valence-corrected chi connectivity index (χ4v) is 6.63. The van der Waals surface area contributed by atoms with Gasteiger partial charge in [0.1, 0.15) is 8.64 Å². The van der Waals surface area contributed by atoms with E-state index in [0.29, 0.717) is 10.0 Å². The van der Waals surface area contributed by atoms with Crippen LogP contribution in [0.4, 0.5) is 0 Å². The van der Waals surface area contributed by atoms with Gasteiger partial charge in [-0.3, -0.25) is 60.3 Å². The molecule has 0 radical (unpaired) electrons. The van der Waals surface area contributed by atoms with Crippen LogP contribution in [0.25, 0.3) is 0 Å². The third-order valence-electron chi connectivity index (χ3n) is 5.87. The maximum atomic E-state index is 13.1. The summed E-state index contributed by atoms with van der Waals surface area (Å²) in [5.41, 5.74) is 9.65. The van der Waals surface area contributed by atoms with Crippen molar-refractivity contribution >= 4 is 115 Å². The lowest BCUT2D eigenvalue weighted by atomic mass is 10.2. The van der Waals surface area contributed by atoms with E-state index in [4.69, 9.17) is 47.6 Å². The predicted octanol–water partition coefficient (Wildman–Crippen LogP) is 2.93. The molecule has 0 aromatic heterocycles. The molecule has 12 nitrogen and oxygen atoms in total. The van der Waals surface area contributed by atoms with Crippen molar-refractivity contribution in [2.45, 2.75) is 12.8 Å². The minimum Gasteiger partial charge on any atom is -0.292 e. The van der Waals surface area contributed by atoms with Crippen molar-refractivity contribution in [3.8, 4) is 0 Å². The third-order valence-corrected chi connectivity index (χ3v) is 9.40. The second kappa shape index (κ2) is 15.0. The molecule has 0 aliphatic carbocycles. The van der Waals surface area contributed by atoms with Gasteiger partial charge in [0.05, 0.1) is 9.81 Å². The molecule has 0 saturated carbocycles. The topological polar surface area (TPSA) is 157 Å². The van der Waals surface area contributed by atoms with Crippen molar-refractivity contribution in [3.05, 3.63) is 79.5 Å². The number of hydrazine groups is 2. The molecule has 2 aliphatic heterocycles. The highest BCUT2D eigenvalue weighted by Crippen LogP contribution is 2.42. The molecule has 44 heavy (non-hydrogen) atoms. The van der Waals surface area contributed by atoms with E-state index < -0.39 is 35.4 Å². The molecule has 2 aliphatic rings. The fourth-order valence-electron chi connectivity index (χ4n) is 3.61. The van der Waals surface area contributed by atoms with Gasteiger partial charge in [-0.15, -0.1) is 0 Å². The van der Waals surface area contributed by atoms with Crippen molar-refractivity contribution in [2.24, 2.45) is 0 Å². The number of hydrogen-bond donors (Lipinski definition) is 4. The molecule has 2 heterocycles. The summed E-state index contributed by atoms with van der Waals surface area (Å²) >= 11 is 24.0. The number of carbonyl (C=O) groups is 6. The summed E-state index contributed by atoms with van der Waals surface area (Å²) < 4.78 is 0.285. The van der Waals surface area contributed by atoms with Crippen LogP contribution < -0.4 is 21.7 Å². The van der Waals surface area contributed by atoms with E-state index in [-0.39, 0.29) is 55.5 Å². The van der Waals surface area contributed by atoms with E-state index in [9.17, 15) is 28.8 Å². The second-order valence-electron chi connectivity index (χ2n) is 8.83. The summed E-state index contributed by atoms with van der Waals surface area (Å²) in [6.45, 7) is -0.196. The van der Waals surface area contributed by atoms with Gasteiger partial charge in [0.2, 0.25) is 11.8 Å². The highest BCUT2D eigenvalue weighted by Gasteiger charge is 2.42. The first-order valence-corrected chi connectivity index (χ1v) is 15.7. The van der Waals surface area contributed by atoms with Crippen LogP contribution in [0.2, 0.25) is 10.0 Å². The third kappa shape index (κ3) is 8.34. The molecule has 4 rings (SSSR count). The van der Waals surface area contributed by atoms with Gasteiger partial charge in [-0.05, 0) is 48.5 Å². The van der Waals surface area contributed by atoms with Crippen LogP contribution >= 0.6 is 71.2 Å². The maximum absolute atomic E-state index is 13.1. The van der Waals surface area contributed by atoms with Gasteiger partial charge in [0, 0.05) is 47.1 Å². The fraction of sp³-hybridized carbons (Fsp3) is 0.154. The number of nitrogens with zero attached hydrogens (tertiary/aromatic N) is 2. The van der Waals surface area contributed by atoms with Crippen LogP contribution in [-0.2, 0) is 19.2 Å². The van der Waals surface area contributed by atoms with E-state index in [2.05, 4.69) is 21.7 Å². The normalized spacial score (nSPS) is 16.3. The quantitative estimate of drug-likeness (QED) is 0.183. The average Bonchev–Trinajstić information content (AvgIpc) is 3.44. The molecule has 4 N–H and O–H groups in total. The van der Waals surface area contributed by atoms with E-state index in [1.165, 1.54) is 58.3 Å². The Balaban J connectivity index is 1.26. The zero-order valence-corrected chi connectivity index (χ0v) is 27.0. The molecule has 18 heteroatoms. The van der Waals surface area contributed by atoms with E-state index in [1.807, 2.05) is 0 Å². The largest absolute Gasteiger partial charge is 0.292 e. The zero-order chi connectivity index (χ0) is 32.0. The van der Waals surface area contributed by atoms with Gasteiger partial charge in [0.15, 0.2) is 0 Å². The summed E-state index contributed by atoms with van der Waals surface area (Å²) in [7, 11) is 0. The van der Waals surface area contributed by atoms with Crippen LogP contribution in [0.15, 0.2) is 58.3 Å². The highest BCUT2D eigenvalue weighted by molar-refractivity contribution is 8.29. The van der Waals surface area contributed by atoms with Crippen molar-refractivity contribution in [1.82, 2.24) is 31.5 Å². The van der Waals surface area contributed by atoms with Crippen LogP contribution in [0, 0.1) is 0 Å². The van der Waals surface area contributed by atoms with Crippen LogP contribution in [0.5, 0.6) is 0 Å². The van der Waals surface area contributed by atoms with Crippen LogP contribution in [-0.4, -0.2) is 67.0 Å². The number of thiocarbonyl (C=S) groups is 2. The van der Waals surface area contributed by atoms with E-state index in [0.717, 1.165) is 23.5 Å². The molecule has 2 aromatic carbocycles. The summed E-state index contributed by atoms with van der Waals surface area (Å²) in [6.07, 6.45) is -0.378. The molecule has 2 aromatic rings. The number of nitrogens with one attached hydrogen (secondary N) is 4. The monoisotopic (exact) mass is 710 g/mol. The van der Waals surface area contributed by atoms with Crippen molar-refractivity contribution in [3.63, 3.8) is 0 Å². The summed E-state index contributed by atoms with van der Waals surface area (Å²) in [6, 6.07) is 12.1. The Morgan fingerprint density at radius 3 is 1.30 bits per heavy atom. The lowest BCUT2D eigenvalue weighted by Crippen LogP contribution is -2.43. The van der Waals surface area contributed by atoms with Crippen molar-refractivity contribution in [1.29, 1.82) is 0 Å². The average molecular weight is 712 g/mol. The standard InChI is InChI=1S/C26H20Cl2N6O6S4/c27-15-5-1-13(2-6-15)21(37)31-29-17(35)9-11-33-23(39)19(43-25(33)41)20-24(40)34(26(42)44-20)12-10-18(36)30-32-22(38)14-3-7-16(28)8-4-14/h1-8H,9-12H2,(H,29,35)(H,30,36)(H,31,37)(H,32,38). The molecule has 0 unspecified atom stereocenters. The maximum Gasteiger partial charge on any atom is 0.269 e. The smallest absolute Gasteiger partial charge is 0.269 e. The number of thioether (sulfide) groups is 2. The molecule has 228 valence electrons. The van der Waals surface area contributed by atoms with Gasteiger partial charge >= 0.3 is 0 Å². The van der Waals surface area contributed by atoms with Gasteiger partial charge in [-0.2, -0.15) is 0 Å². The van der Waals surface area contributed by atoms with E-state index >= 15 is 0 Å². The molecule has 2 saturated heterocycles. The molecule has 6 amide bonds. The van der Waals surface area contributed by atoms with Gasteiger partial charge in [-0.1, -0.05) is 71.2 Å². The molecule has 0 bridgehead atoms. The first kappa shape index (κ1) is 33.4. The second-order valence-corrected chi connectivity index (χ2v) is 13.0. The summed E-state index contributed by atoms with van der Waals surface area (Å²) in [4.78, 5) is 77.6. The lowest BCUT2D eigenvalue weighted by Gasteiger charge is -2.15. The Morgan fingerprint density at radius 2 is 0.955 bits per heavy atom. The first-order chi connectivity index (χ1) is 20.9. The Kier molecular flexibility index (Phi) is 11.3. The summed E-state index contributed by atoms with van der Waals surface area (Å²) in [5, 5.41) is 0.911. The molecule has 2 fully saturated rings. The Hall–Kier alpha value is -3.54. The zero-order valence-electron chi connectivity index (χ0n) is 22.2. The van der Waals surface area contributed by atoms with Gasteiger partial charge in [0.25, 0.3) is 23.6 Å². The van der Waals surface area contributed by atoms with Gasteiger partial charge < -0.3 is 0 Å². The van der Waals surface area contributed by atoms with Crippen LogP contribution in [0.3, 0.4) is 0 Å². The molecule has 0 atom stereocenters. The SMILES string of the molecule is O=C(CCN1C(=O)C(=C2SC(=S)N(CCC(=O)NNC(=O)c3ccc(Cl)cc3)C2=O)SC1=S)NNC(=O)c1ccc(Cl)cc1. The van der Waals surface area contributed by atoms with Crippen molar-refractivity contribution in [2.75, 3.05) is 13.1 Å². The number of benzene rings is 2. The van der Waals surface area contributed by atoms with Crippen LogP contribution in [0.1, 0.15) is 33.6 Å². The number of amides is 6. The Labute approximate surface area is 279 Å². The number of rotatable bonds is 8. The Morgan fingerprint density at radius 1 is 0.614 bits per heavy atom. The molecular formula is C26H20Cl2N6O6S4. The number of carbonyl (C=O) groups excluding carboxylic acids is 6. The minimum atomic E-state index is -0.574. The first-order valence-electron chi connectivity index (χ1n) is 12.5. The van der Waals surface area contributed by atoms with Gasteiger partial charge in [-0.25, -0.2) is 0 Å². The number of halogens is 2.